The lowest BCUT2D eigenvalue weighted by atomic mass is 9.90. The molecule has 1 fully saturated rings. The highest BCUT2D eigenvalue weighted by molar-refractivity contribution is 6.06. The van der Waals surface area contributed by atoms with Crippen LogP contribution in [0.15, 0.2) is 35.1 Å². The number of nitrogens with zero attached hydrogens (tertiary/aromatic N) is 4. The van der Waals surface area contributed by atoms with Crippen LogP contribution in [0.25, 0.3) is 22.5 Å². The maximum absolute atomic E-state index is 13.4. The SMILES string of the molecule is CC(C)n1ncc2c(C(=O)N3CCC(C)(CN)C3)cc(-c3ccco3)nc21. The first-order valence-corrected chi connectivity index (χ1v) is 9.33. The second-order valence-corrected chi connectivity index (χ2v) is 7.94. The van der Waals surface area contributed by atoms with E-state index < -0.39 is 0 Å². The fourth-order valence-electron chi connectivity index (χ4n) is 3.66. The Morgan fingerprint density at radius 3 is 2.89 bits per heavy atom. The van der Waals surface area contributed by atoms with Crippen molar-refractivity contribution in [1.29, 1.82) is 0 Å². The third-order valence-electron chi connectivity index (χ3n) is 5.40. The Bertz CT molecular complexity index is 976. The Kier molecular flexibility index (Phi) is 4.26. The van der Waals surface area contributed by atoms with Gasteiger partial charge in [-0.05, 0) is 50.4 Å². The topological polar surface area (TPSA) is 90.2 Å². The first-order valence-electron chi connectivity index (χ1n) is 9.33. The predicted octanol–water partition coefficient (Wildman–Crippen LogP) is 3.08. The van der Waals surface area contributed by atoms with E-state index in [9.17, 15) is 4.79 Å². The van der Waals surface area contributed by atoms with Crippen molar-refractivity contribution in [3.63, 3.8) is 0 Å². The zero-order chi connectivity index (χ0) is 19.2. The second-order valence-electron chi connectivity index (χ2n) is 7.94. The molecule has 1 unspecified atom stereocenters. The largest absolute Gasteiger partial charge is 0.463 e. The third kappa shape index (κ3) is 3.02. The Hall–Kier alpha value is -2.67. The molecule has 3 aromatic rings. The maximum atomic E-state index is 13.4. The van der Waals surface area contributed by atoms with Crippen LogP contribution in [0.4, 0.5) is 0 Å². The molecule has 0 radical (unpaired) electrons. The number of aromatic nitrogens is 3. The first-order chi connectivity index (χ1) is 12.9. The van der Waals surface area contributed by atoms with Gasteiger partial charge in [-0.1, -0.05) is 6.92 Å². The van der Waals surface area contributed by atoms with Crippen LogP contribution in [0.2, 0.25) is 0 Å². The molecule has 2 N–H and O–H groups in total. The van der Waals surface area contributed by atoms with Gasteiger partial charge >= 0.3 is 0 Å². The van der Waals surface area contributed by atoms with Crippen molar-refractivity contribution in [2.45, 2.75) is 33.2 Å². The summed E-state index contributed by atoms with van der Waals surface area (Å²) in [5, 5.41) is 5.23. The van der Waals surface area contributed by atoms with Crippen molar-refractivity contribution in [3.05, 3.63) is 36.2 Å². The van der Waals surface area contributed by atoms with Crippen LogP contribution in [-0.2, 0) is 0 Å². The Morgan fingerprint density at radius 2 is 2.26 bits per heavy atom. The van der Waals surface area contributed by atoms with Crippen LogP contribution in [0.3, 0.4) is 0 Å². The molecule has 1 amide bonds. The summed E-state index contributed by atoms with van der Waals surface area (Å²) in [6, 6.07) is 5.61. The number of fused-ring (bicyclic) bond motifs is 1. The van der Waals surface area contributed by atoms with E-state index in [0.29, 0.717) is 42.3 Å². The molecule has 7 heteroatoms. The lowest BCUT2D eigenvalue weighted by molar-refractivity contribution is 0.0779. The molecule has 1 saturated heterocycles. The van der Waals surface area contributed by atoms with Gasteiger partial charge in [0.25, 0.3) is 5.91 Å². The number of hydrogen-bond acceptors (Lipinski definition) is 5. The lowest BCUT2D eigenvalue weighted by Crippen LogP contribution is -2.34. The smallest absolute Gasteiger partial charge is 0.254 e. The van der Waals surface area contributed by atoms with Gasteiger partial charge in [0.15, 0.2) is 11.4 Å². The van der Waals surface area contributed by atoms with E-state index in [-0.39, 0.29) is 17.4 Å². The maximum Gasteiger partial charge on any atom is 0.254 e. The summed E-state index contributed by atoms with van der Waals surface area (Å²) in [4.78, 5) is 20.0. The fraction of sp³-hybridized carbons (Fsp3) is 0.450. The summed E-state index contributed by atoms with van der Waals surface area (Å²) in [6.45, 7) is 8.18. The van der Waals surface area contributed by atoms with Crippen molar-refractivity contribution in [1.82, 2.24) is 19.7 Å². The highest BCUT2D eigenvalue weighted by Gasteiger charge is 2.36. The van der Waals surface area contributed by atoms with Gasteiger partial charge in [-0.15, -0.1) is 0 Å². The Balaban J connectivity index is 1.83. The number of furan rings is 1. The summed E-state index contributed by atoms with van der Waals surface area (Å²) < 4.78 is 7.36. The van der Waals surface area contributed by atoms with Gasteiger partial charge in [0, 0.05) is 19.1 Å². The number of amides is 1. The molecule has 0 saturated carbocycles. The minimum absolute atomic E-state index is 0.00399. The van der Waals surface area contributed by atoms with Crippen LogP contribution in [0.1, 0.15) is 43.6 Å². The lowest BCUT2D eigenvalue weighted by Gasteiger charge is -2.23. The van der Waals surface area contributed by atoms with E-state index in [4.69, 9.17) is 15.1 Å². The van der Waals surface area contributed by atoms with Crippen LogP contribution in [0, 0.1) is 5.41 Å². The van der Waals surface area contributed by atoms with Gasteiger partial charge in [0.2, 0.25) is 0 Å². The third-order valence-corrected chi connectivity index (χ3v) is 5.40. The number of rotatable bonds is 4. The van der Waals surface area contributed by atoms with E-state index in [2.05, 4.69) is 12.0 Å². The van der Waals surface area contributed by atoms with Gasteiger partial charge in [-0.3, -0.25) is 4.79 Å². The van der Waals surface area contributed by atoms with Gasteiger partial charge in [-0.2, -0.15) is 5.10 Å². The molecule has 0 aliphatic carbocycles. The monoisotopic (exact) mass is 367 g/mol. The summed E-state index contributed by atoms with van der Waals surface area (Å²) in [5.41, 5.74) is 7.84. The molecular formula is C20H25N5O2. The molecule has 0 aromatic carbocycles. The Labute approximate surface area is 158 Å². The van der Waals surface area contributed by atoms with Gasteiger partial charge in [0.1, 0.15) is 5.69 Å². The summed E-state index contributed by atoms with van der Waals surface area (Å²) in [5.74, 6) is 0.631. The molecule has 1 aliphatic heterocycles. The molecule has 27 heavy (non-hydrogen) atoms. The fourth-order valence-corrected chi connectivity index (χ4v) is 3.66. The average molecular weight is 367 g/mol. The van der Waals surface area contributed by atoms with E-state index in [1.54, 1.807) is 12.5 Å². The second kappa shape index (κ2) is 6.49. The predicted molar refractivity (Wildman–Crippen MR) is 103 cm³/mol. The molecular weight excluding hydrogens is 342 g/mol. The summed E-state index contributed by atoms with van der Waals surface area (Å²) in [7, 11) is 0. The van der Waals surface area contributed by atoms with Crippen molar-refractivity contribution >= 4 is 16.9 Å². The highest BCUT2D eigenvalue weighted by atomic mass is 16.3. The van der Waals surface area contributed by atoms with Crippen molar-refractivity contribution in [2.24, 2.45) is 11.1 Å². The normalized spacial score (nSPS) is 20.1. The van der Waals surface area contributed by atoms with Crippen molar-refractivity contribution < 1.29 is 9.21 Å². The minimum atomic E-state index is -0.0201. The molecule has 4 heterocycles. The standard InChI is InChI=1S/C20H25N5O2/c1-13(2)25-18-15(10-22-25)14(9-16(23-18)17-5-4-8-27-17)19(26)24-7-6-20(3,11-21)12-24/h4-5,8-10,13H,6-7,11-12,21H2,1-3H3. The number of hydrogen-bond donors (Lipinski definition) is 1. The van der Waals surface area contributed by atoms with E-state index in [1.807, 2.05) is 41.6 Å². The molecule has 0 bridgehead atoms. The van der Waals surface area contributed by atoms with Crippen LogP contribution in [0.5, 0.6) is 0 Å². The molecule has 4 rings (SSSR count). The van der Waals surface area contributed by atoms with Gasteiger partial charge in [0.05, 0.1) is 23.4 Å². The van der Waals surface area contributed by atoms with E-state index >= 15 is 0 Å². The molecule has 1 aliphatic rings. The van der Waals surface area contributed by atoms with Crippen LogP contribution in [-0.4, -0.2) is 45.2 Å². The average Bonchev–Trinajstić information content (AvgIpc) is 3.39. The number of likely N-dealkylation sites (tertiary alicyclic amines) is 1. The van der Waals surface area contributed by atoms with E-state index in [1.165, 1.54) is 0 Å². The number of nitrogens with two attached hydrogens (primary N) is 1. The minimum Gasteiger partial charge on any atom is -0.463 e. The van der Waals surface area contributed by atoms with E-state index in [0.717, 1.165) is 11.8 Å². The quantitative estimate of drug-likeness (QED) is 0.765. The zero-order valence-corrected chi connectivity index (χ0v) is 16.0. The summed E-state index contributed by atoms with van der Waals surface area (Å²) >= 11 is 0. The van der Waals surface area contributed by atoms with Gasteiger partial charge in [-0.25, -0.2) is 9.67 Å². The number of pyridine rings is 1. The molecule has 7 nitrogen and oxygen atoms in total. The Morgan fingerprint density at radius 1 is 1.44 bits per heavy atom. The first kappa shape index (κ1) is 17.7. The summed E-state index contributed by atoms with van der Waals surface area (Å²) in [6.07, 6.45) is 4.26. The molecule has 142 valence electrons. The molecule has 3 aromatic heterocycles. The van der Waals surface area contributed by atoms with Crippen LogP contribution < -0.4 is 5.73 Å². The highest BCUT2D eigenvalue weighted by Crippen LogP contribution is 2.32. The molecule has 0 spiro atoms. The van der Waals surface area contributed by atoms with Gasteiger partial charge < -0.3 is 15.1 Å². The number of carbonyl (C=O) groups excluding carboxylic acids is 1. The van der Waals surface area contributed by atoms with Crippen LogP contribution >= 0.6 is 0 Å². The number of carbonyl (C=O) groups is 1. The molecule has 1 atom stereocenters. The van der Waals surface area contributed by atoms with Crippen molar-refractivity contribution in [2.75, 3.05) is 19.6 Å². The van der Waals surface area contributed by atoms with Crippen molar-refractivity contribution in [3.8, 4) is 11.5 Å². The zero-order valence-electron chi connectivity index (χ0n) is 16.0.